The highest BCUT2D eigenvalue weighted by molar-refractivity contribution is 7.12. The van der Waals surface area contributed by atoms with E-state index in [9.17, 15) is 18.0 Å². The topological polar surface area (TPSA) is 89.3 Å². The van der Waals surface area contributed by atoms with Crippen LogP contribution in [-0.2, 0) is 10.9 Å². The van der Waals surface area contributed by atoms with Crippen LogP contribution in [0.4, 0.5) is 13.2 Å². The summed E-state index contributed by atoms with van der Waals surface area (Å²) in [5, 5.41) is 10.7. The Balaban J connectivity index is 0.00000225. The van der Waals surface area contributed by atoms with E-state index in [-0.39, 0.29) is 30.2 Å². The number of aromatic nitrogens is 2. The van der Waals surface area contributed by atoms with E-state index < -0.39 is 12.1 Å². The summed E-state index contributed by atoms with van der Waals surface area (Å²) in [6.07, 6.45) is -4.70. The molecule has 1 amide bonds. The first-order valence-electron chi connectivity index (χ1n) is 7.02. The highest BCUT2D eigenvalue weighted by atomic mass is 35.5. The number of halogens is 4. The second kappa shape index (κ2) is 8.13. The molecule has 2 aromatic heterocycles. The van der Waals surface area contributed by atoms with Crippen molar-refractivity contribution in [3.8, 4) is 11.4 Å². The third kappa shape index (κ3) is 4.91. The van der Waals surface area contributed by atoms with E-state index in [2.05, 4.69) is 25.3 Å². The Morgan fingerprint density at radius 3 is 2.92 bits per heavy atom. The number of carbonyl (C=O) groups is 1. The lowest BCUT2D eigenvalue weighted by molar-refractivity contribution is -0.159. The Kier molecular flexibility index (Phi) is 6.38. The largest absolute Gasteiger partial charge is 0.471 e. The molecule has 1 fully saturated rings. The predicted octanol–water partition coefficient (Wildman–Crippen LogP) is 1.96. The third-order valence-corrected chi connectivity index (χ3v) is 4.19. The highest BCUT2D eigenvalue weighted by Gasteiger charge is 2.38. The van der Waals surface area contributed by atoms with E-state index in [1.807, 2.05) is 0 Å². The van der Waals surface area contributed by atoms with Crippen molar-refractivity contribution in [2.45, 2.75) is 12.2 Å². The monoisotopic (exact) mass is 398 g/mol. The van der Waals surface area contributed by atoms with Crippen molar-refractivity contribution in [2.75, 3.05) is 26.3 Å². The molecule has 12 heteroatoms. The van der Waals surface area contributed by atoms with Crippen LogP contribution < -0.4 is 10.6 Å². The number of nitrogens with zero attached hydrogens (tertiary/aromatic N) is 2. The molecule has 3 heterocycles. The van der Waals surface area contributed by atoms with Crippen LogP contribution in [0.1, 0.15) is 15.6 Å². The molecule has 1 saturated heterocycles. The third-order valence-electron chi connectivity index (χ3n) is 3.26. The van der Waals surface area contributed by atoms with Gasteiger partial charge in [-0.2, -0.15) is 18.2 Å². The molecule has 2 N–H and O–H groups in total. The van der Waals surface area contributed by atoms with E-state index in [0.29, 0.717) is 30.2 Å². The van der Waals surface area contributed by atoms with Crippen LogP contribution in [0.25, 0.3) is 11.4 Å². The van der Waals surface area contributed by atoms with Gasteiger partial charge in [0, 0.05) is 30.1 Å². The van der Waals surface area contributed by atoms with Crippen molar-refractivity contribution in [3.63, 3.8) is 0 Å². The molecular formula is C13H14ClF3N4O3S. The average molecular weight is 399 g/mol. The van der Waals surface area contributed by atoms with Crippen molar-refractivity contribution in [1.29, 1.82) is 0 Å². The molecule has 0 radical (unpaired) electrons. The van der Waals surface area contributed by atoms with Gasteiger partial charge in [0.05, 0.1) is 18.1 Å². The Hall–Kier alpha value is -1.69. The standard InChI is InChI=1S/C13H13F3N4O3S.ClH/c14-13(15,16)12-19-10(20-23-12)7-3-9(24-6-7)11(21)18-4-8-5-22-2-1-17-8;/h3,6,8,17H,1-2,4-5H2,(H,18,21);1H. The number of thiophene rings is 1. The summed E-state index contributed by atoms with van der Waals surface area (Å²) >= 11 is 1.09. The lowest BCUT2D eigenvalue weighted by atomic mass is 10.2. The SMILES string of the molecule is Cl.O=C(NCC1COCCN1)c1cc(-c2noc(C(F)(F)F)n2)cs1. The van der Waals surface area contributed by atoms with Crippen LogP contribution in [0, 0.1) is 0 Å². The van der Waals surface area contributed by atoms with E-state index in [0.717, 1.165) is 17.9 Å². The smallest absolute Gasteiger partial charge is 0.378 e. The fourth-order valence-corrected chi connectivity index (χ4v) is 2.88. The second-order valence-electron chi connectivity index (χ2n) is 5.06. The number of carbonyl (C=O) groups excluding carboxylic acids is 1. The van der Waals surface area contributed by atoms with Gasteiger partial charge in [0.15, 0.2) is 0 Å². The summed E-state index contributed by atoms with van der Waals surface area (Å²) in [6.45, 7) is 2.28. The summed E-state index contributed by atoms with van der Waals surface area (Å²) in [6, 6.07) is 1.46. The number of morpholine rings is 1. The molecule has 7 nitrogen and oxygen atoms in total. The zero-order valence-electron chi connectivity index (χ0n) is 12.6. The van der Waals surface area contributed by atoms with Crippen molar-refractivity contribution >= 4 is 29.7 Å². The molecule has 1 atom stereocenters. The molecule has 1 aliphatic heterocycles. The van der Waals surface area contributed by atoms with Gasteiger partial charge in [0.2, 0.25) is 5.82 Å². The minimum Gasteiger partial charge on any atom is -0.378 e. The first-order chi connectivity index (χ1) is 11.4. The molecule has 1 aliphatic rings. The Morgan fingerprint density at radius 2 is 2.28 bits per heavy atom. The highest BCUT2D eigenvalue weighted by Crippen LogP contribution is 2.30. The molecule has 0 spiro atoms. The Bertz CT molecular complexity index is 715. The Morgan fingerprint density at radius 1 is 1.48 bits per heavy atom. The molecule has 138 valence electrons. The van der Waals surface area contributed by atoms with Crippen molar-refractivity contribution in [2.24, 2.45) is 0 Å². The maximum atomic E-state index is 12.5. The number of nitrogens with one attached hydrogen (secondary N) is 2. The summed E-state index contributed by atoms with van der Waals surface area (Å²) in [4.78, 5) is 15.7. The molecule has 3 rings (SSSR count). The van der Waals surface area contributed by atoms with Crippen LogP contribution in [-0.4, -0.2) is 48.4 Å². The lowest BCUT2D eigenvalue weighted by Gasteiger charge is -2.23. The van der Waals surface area contributed by atoms with Gasteiger partial charge in [-0.05, 0) is 6.07 Å². The zero-order valence-corrected chi connectivity index (χ0v) is 14.3. The van der Waals surface area contributed by atoms with E-state index in [4.69, 9.17) is 4.74 Å². The molecule has 0 aliphatic carbocycles. The molecule has 0 saturated carbocycles. The van der Waals surface area contributed by atoms with Crippen LogP contribution in [0.3, 0.4) is 0 Å². The summed E-state index contributed by atoms with van der Waals surface area (Å²) in [5.74, 6) is -1.95. The second-order valence-corrected chi connectivity index (χ2v) is 5.97. The predicted molar refractivity (Wildman–Crippen MR) is 84.8 cm³/mol. The first-order valence-corrected chi connectivity index (χ1v) is 7.90. The quantitative estimate of drug-likeness (QED) is 0.818. The van der Waals surface area contributed by atoms with E-state index in [1.54, 1.807) is 0 Å². The number of amides is 1. The van der Waals surface area contributed by atoms with Gasteiger partial charge in [-0.15, -0.1) is 23.7 Å². The van der Waals surface area contributed by atoms with Crippen LogP contribution >= 0.6 is 23.7 Å². The minimum atomic E-state index is -4.70. The number of ether oxygens (including phenoxy) is 1. The van der Waals surface area contributed by atoms with Gasteiger partial charge in [-0.1, -0.05) is 5.16 Å². The first kappa shape index (κ1) is 19.6. The fourth-order valence-electron chi connectivity index (χ4n) is 2.08. The van der Waals surface area contributed by atoms with Gasteiger partial charge in [-0.25, -0.2) is 0 Å². The van der Waals surface area contributed by atoms with Crippen LogP contribution in [0.15, 0.2) is 16.0 Å². The zero-order chi connectivity index (χ0) is 17.2. The van der Waals surface area contributed by atoms with Gasteiger partial charge in [-0.3, -0.25) is 4.79 Å². The number of hydrogen-bond donors (Lipinski definition) is 2. The molecule has 2 aromatic rings. The minimum absolute atomic E-state index is 0. The number of alkyl halides is 3. The summed E-state index contributed by atoms with van der Waals surface area (Å²) < 4.78 is 46.8. The normalized spacial score (nSPS) is 17.8. The molecule has 0 aromatic carbocycles. The average Bonchev–Trinajstić information content (AvgIpc) is 3.21. The number of hydrogen-bond acceptors (Lipinski definition) is 7. The summed E-state index contributed by atoms with van der Waals surface area (Å²) in [7, 11) is 0. The van der Waals surface area contributed by atoms with Gasteiger partial charge in [0.1, 0.15) is 0 Å². The number of rotatable bonds is 4. The van der Waals surface area contributed by atoms with Crippen LogP contribution in [0.5, 0.6) is 0 Å². The fraction of sp³-hybridized carbons (Fsp3) is 0.462. The maximum Gasteiger partial charge on any atom is 0.471 e. The summed E-state index contributed by atoms with van der Waals surface area (Å²) in [5.41, 5.74) is 0.295. The molecule has 25 heavy (non-hydrogen) atoms. The van der Waals surface area contributed by atoms with Crippen molar-refractivity contribution in [1.82, 2.24) is 20.8 Å². The van der Waals surface area contributed by atoms with Gasteiger partial charge in [0.25, 0.3) is 5.91 Å². The van der Waals surface area contributed by atoms with Crippen molar-refractivity contribution < 1.29 is 27.2 Å². The van der Waals surface area contributed by atoms with E-state index in [1.165, 1.54) is 11.4 Å². The van der Waals surface area contributed by atoms with Gasteiger partial charge >= 0.3 is 12.1 Å². The van der Waals surface area contributed by atoms with Crippen LogP contribution in [0.2, 0.25) is 0 Å². The molecular weight excluding hydrogens is 385 g/mol. The van der Waals surface area contributed by atoms with Gasteiger partial charge < -0.3 is 19.9 Å². The Labute approximate surface area is 150 Å². The van der Waals surface area contributed by atoms with E-state index >= 15 is 0 Å². The maximum absolute atomic E-state index is 12.5. The molecule has 1 unspecified atom stereocenters. The molecule has 0 bridgehead atoms. The van der Waals surface area contributed by atoms with Crippen molar-refractivity contribution in [3.05, 3.63) is 22.2 Å². The lowest BCUT2D eigenvalue weighted by Crippen LogP contribution is -2.48.